The van der Waals surface area contributed by atoms with E-state index < -0.39 is 26.1 Å². The number of rotatable bonds is 6. The molecule has 3 aromatic carbocycles. The number of aromatic nitrogens is 2. The Hall–Kier alpha value is -4.18. The van der Waals surface area contributed by atoms with Gasteiger partial charge in [-0.2, -0.15) is 5.10 Å². The minimum Gasteiger partial charge on any atom is -0.267 e. The maximum atomic E-state index is 13.5. The predicted molar refractivity (Wildman–Crippen MR) is 125 cm³/mol. The molecule has 0 fully saturated rings. The topological polar surface area (TPSA) is 112 Å². The summed E-state index contributed by atoms with van der Waals surface area (Å²) in [6.45, 7) is 0.0678. The van der Waals surface area contributed by atoms with Crippen molar-refractivity contribution in [3.8, 4) is 22.3 Å². The van der Waals surface area contributed by atoms with Crippen LogP contribution in [0.3, 0.4) is 0 Å². The SMILES string of the molecule is CS(=O)(=O)c1ccc(-c2cnn(Cc3ccc([N+](=O)[O-])cc3)c(=O)c2-c2ccc(F)cc2)cc1. The fraction of sp³-hybridized carbons (Fsp3) is 0.0833. The third-order valence-electron chi connectivity index (χ3n) is 5.25. The standard InChI is InChI=1S/C24H18FN3O5S/c1-34(32,33)21-12-6-17(7-13-21)22-14-26-27(15-16-2-10-20(11-3-16)28(30)31)24(29)23(22)18-4-8-19(25)9-5-18/h2-14H,15H2,1H3. The second-order valence-corrected chi connectivity index (χ2v) is 9.64. The van der Waals surface area contributed by atoms with E-state index in [4.69, 9.17) is 0 Å². The lowest BCUT2D eigenvalue weighted by Gasteiger charge is -2.13. The van der Waals surface area contributed by atoms with Gasteiger partial charge in [-0.05, 0) is 41.0 Å². The summed E-state index contributed by atoms with van der Waals surface area (Å²) in [6, 6.07) is 17.3. The summed E-state index contributed by atoms with van der Waals surface area (Å²) < 4.78 is 38.3. The van der Waals surface area contributed by atoms with Crippen molar-refractivity contribution in [3.05, 3.63) is 111 Å². The Kier molecular flexibility index (Phi) is 6.08. The average molecular weight is 479 g/mol. The highest BCUT2D eigenvalue weighted by Crippen LogP contribution is 2.30. The van der Waals surface area contributed by atoms with E-state index in [1.165, 1.54) is 59.4 Å². The third kappa shape index (κ3) is 4.76. The Balaban J connectivity index is 1.82. The number of nitrogens with zero attached hydrogens (tertiary/aromatic N) is 3. The molecule has 0 atom stereocenters. The molecule has 0 aliphatic carbocycles. The van der Waals surface area contributed by atoms with Crippen LogP contribution >= 0.6 is 0 Å². The number of halogens is 1. The highest BCUT2D eigenvalue weighted by atomic mass is 32.2. The van der Waals surface area contributed by atoms with E-state index in [9.17, 15) is 27.7 Å². The van der Waals surface area contributed by atoms with Gasteiger partial charge in [0.15, 0.2) is 9.84 Å². The molecule has 34 heavy (non-hydrogen) atoms. The minimum absolute atomic E-state index is 0.0658. The number of benzene rings is 3. The first-order chi connectivity index (χ1) is 16.1. The van der Waals surface area contributed by atoms with Crippen molar-refractivity contribution in [2.45, 2.75) is 11.4 Å². The zero-order valence-corrected chi connectivity index (χ0v) is 18.7. The molecule has 0 saturated heterocycles. The van der Waals surface area contributed by atoms with Crippen LogP contribution in [-0.4, -0.2) is 29.4 Å². The lowest BCUT2D eigenvalue weighted by molar-refractivity contribution is -0.384. The smallest absolute Gasteiger partial charge is 0.267 e. The molecule has 1 heterocycles. The molecule has 0 amide bonds. The fourth-order valence-corrected chi connectivity index (χ4v) is 4.12. The lowest BCUT2D eigenvalue weighted by atomic mass is 9.97. The van der Waals surface area contributed by atoms with E-state index in [2.05, 4.69) is 5.10 Å². The number of non-ortho nitro benzene ring substituents is 1. The van der Waals surface area contributed by atoms with Crippen LogP contribution in [0.1, 0.15) is 5.56 Å². The predicted octanol–water partition coefficient (Wildman–Crippen LogP) is 4.08. The first kappa shape index (κ1) is 23.0. The van der Waals surface area contributed by atoms with E-state index in [-0.39, 0.29) is 22.7 Å². The van der Waals surface area contributed by atoms with Crippen LogP contribution < -0.4 is 5.56 Å². The van der Waals surface area contributed by atoms with Crippen molar-refractivity contribution >= 4 is 15.5 Å². The van der Waals surface area contributed by atoms with Crippen LogP contribution in [0, 0.1) is 15.9 Å². The first-order valence-corrected chi connectivity index (χ1v) is 11.9. The zero-order valence-electron chi connectivity index (χ0n) is 17.9. The number of hydrogen-bond acceptors (Lipinski definition) is 6. The Morgan fingerprint density at radius 1 is 0.941 bits per heavy atom. The molecule has 10 heteroatoms. The number of hydrogen-bond donors (Lipinski definition) is 0. The molecule has 0 saturated carbocycles. The molecule has 4 aromatic rings. The average Bonchev–Trinajstić information content (AvgIpc) is 2.81. The van der Waals surface area contributed by atoms with Crippen molar-refractivity contribution < 1.29 is 17.7 Å². The number of sulfone groups is 1. The summed E-state index contributed by atoms with van der Waals surface area (Å²) in [5.41, 5.74) is 1.88. The van der Waals surface area contributed by atoms with Gasteiger partial charge in [-0.25, -0.2) is 17.5 Å². The van der Waals surface area contributed by atoms with Gasteiger partial charge in [0.1, 0.15) is 5.82 Å². The van der Waals surface area contributed by atoms with Gasteiger partial charge in [-0.15, -0.1) is 0 Å². The molecule has 0 unspecified atom stereocenters. The molecule has 8 nitrogen and oxygen atoms in total. The molecule has 0 aliphatic heterocycles. The van der Waals surface area contributed by atoms with E-state index in [0.717, 1.165) is 6.26 Å². The maximum Gasteiger partial charge on any atom is 0.275 e. The fourth-order valence-electron chi connectivity index (χ4n) is 3.49. The van der Waals surface area contributed by atoms with Gasteiger partial charge in [0.2, 0.25) is 0 Å². The van der Waals surface area contributed by atoms with Crippen LogP contribution in [-0.2, 0) is 16.4 Å². The summed E-state index contributed by atoms with van der Waals surface area (Å²) in [5.74, 6) is -0.455. The van der Waals surface area contributed by atoms with Crippen LogP contribution in [0.4, 0.5) is 10.1 Å². The molecule has 0 aliphatic rings. The van der Waals surface area contributed by atoms with E-state index in [1.54, 1.807) is 24.3 Å². The summed E-state index contributed by atoms with van der Waals surface area (Å²) >= 11 is 0. The van der Waals surface area contributed by atoms with Crippen LogP contribution in [0.15, 0.2) is 88.7 Å². The van der Waals surface area contributed by atoms with Crippen molar-refractivity contribution in [1.29, 1.82) is 0 Å². The molecular formula is C24H18FN3O5S. The molecular weight excluding hydrogens is 461 g/mol. The first-order valence-electron chi connectivity index (χ1n) is 10.0. The van der Waals surface area contributed by atoms with Crippen molar-refractivity contribution in [1.82, 2.24) is 9.78 Å². The van der Waals surface area contributed by atoms with Crippen molar-refractivity contribution in [2.24, 2.45) is 0 Å². The van der Waals surface area contributed by atoms with Gasteiger partial charge >= 0.3 is 0 Å². The monoisotopic (exact) mass is 479 g/mol. The van der Waals surface area contributed by atoms with Gasteiger partial charge in [-0.3, -0.25) is 14.9 Å². The molecule has 0 bridgehead atoms. The highest BCUT2D eigenvalue weighted by Gasteiger charge is 2.17. The number of nitro groups is 1. The molecule has 0 spiro atoms. The van der Waals surface area contributed by atoms with Crippen LogP contribution in [0.5, 0.6) is 0 Å². The minimum atomic E-state index is -3.39. The van der Waals surface area contributed by atoms with Gasteiger partial charge < -0.3 is 0 Å². The number of nitro benzene ring substituents is 1. The van der Waals surface area contributed by atoms with Gasteiger partial charge in [0, 0.05) is 24.0 Å². The Morgan fingerprint density at radius 2 is 1.53 bits per heavy atom. The normalized spacial score (nSPS) is 11.4. The Bertz CT molecular complexity index is 1530. The van der Waals surface area contributed by atoms with Gasteiger partial charge in [0.25, 0.3) is 11.2 Å². The highest BCUT2D eigenvalue weighted by molar-refractivity contribution is 7.90. The molecule has 0 radical (unpaired) electrons. The van der Waals surface area contributed by atoms with E-state index in [1.807, 2.05) is 0 Å². The quantitative estimate of drug-likeness (QED) is 0.304. The van der Waals surface area contributed by atoms with Crippen LogP contribution in [0.25, 0.3) is 22.3 Å². The molecule has 4 rings (SSSR count). The Labute approximate surface area is 194 Å². The molecule has 1 aromatic heterocycles. The van der Waals surface area contributed by atoms with Gasteiger partial charge in [0.05, 0.1) is 28.1 Å². The summed E-state index contributed by atoms with van der Waals surface area (Å²) in [7, 11) is -3.39. The maximum absolute atomic E-state index is 13.5. The Morgan fingerprint density at radius 3 is 2.09 bits per heavy atom. The largest absolute Gasteiger partial charge is 0.275 e. The molecule has 172 valence electrons. The zero-order chi connectivity index (χ0) is 24.5. The lowest BCUT2D eigenvalue weighted by Crippen LogP contribution is -2.25. The van der Waals surface area contributed by atoms with Crippen LogP contribution in [0.2, 0.25) is 0 Å². The third-order valence-corrected chi connectivity index (χ3v) is 6.38. The summed E-state index contributed by atoms with van der Waals surface area (Å²) in [6.07, 6.45) is 2.59. The van der Waals surface area contributed by atoms with Gasteiger partial charge in [-0.1, -0.05) is 36.4 Å². The van der Waals surface area contributed by atoms with Crippen molar-refractivity contribution in [2.75, 3.05) is 6.26 Å². The second kappa shape index (κ2) is 8.99. The van der Waals surface area contributed by atoms with E-state index in [0.29, 0.717) is 22.3 Å². The second-order valence-electron chi connectivity index (χ2n) is 7.62. The molecule has 0 N–H and O–H groups in total. The van der Waals surface area contributed by atoms with Crippen molar-refractivity contribution in [3.63, 3.8) is 0 Å². The van der Waals surface area contributed by atoms with E-state index >= 15 is 0 Å². The summed E-state index contributed by atoms with van der Waals surface area (Å²) in [5, 5.41) is 15.1. The summed E-state index contributed by atoms with van der Waals surface area (Å²) in [4.78, 5) is 24.0.